The molecule has 0 saturated heterocycles. The second kappa shape index (κ2) is 14.8. The van der Waals surface area contributed by atoms with Crippen LogP contribution in [0.15, 0.2) is 60.8 Å². The summed E-state index contributed by atoms with van der Waals surface area (Å²) in [6.45, 7) is 0. The third kappa shape index (κ3) is 10.2. The van der Waals surface area contributed by atoms with Crippen LogP contribution in [0.4, 0.5) is 24.1 Å². The van der Waals surface area contributed by atoms with Crippen LogP contribution in [0.3, 0.4) is 0 Å². The fourth-order valence-electron chi connectivity index (χ4n) is 3.78. The van der Waals surface area contributed by atoms with Gasteiger partial charge in [0.15, 0.2) is 5.82 Å². The van der Waals surface area contributed by atoms with Crippen LogP contribution in [0.5, 0.6) is 5.75 Å². The minimum Gasteiger partial charge on any atom is -0.406 e. The average molecular weight is 633 g/mol. The van der Waals surface area contributed by atoms with Gasteiger partial charge in [0.2, 0.25) is 11.0 Å². The zero-order chi connectivity index (χ0) is 31.5. The van der Waals surface area contributed by atoms with Gasteiger partial charge in [0.1, 0.15) is 10.8 Å². The number of ether oxygens (including phenoxy) is 1. The largest absolute Gasteiger partial charge is 0.573 e. The quantitative estimate of drug-likeness (QED) is 0.120. The molecule has 0 unspecified atom stereocenters. The molecule has 3 heterocycles. The summed E-state index contributed by atoms with van der Waals surface area (Å²) < 4.78 is 41.1. The lowest BCUT2D eigenvalue weighted by Gasteiger charge is -2.14. The second-order valence-corrected chi connectivity index (χ2v) is 10.0. The number of pyridine rings is 1. The van der Waals surface area contributed by atoms with Crippen molar-refractivity contribution in [1.29, 1.82) is 0 Å². The Morgan fingerprint density at radius 2 is 1.77 bits per heavy atom. The number of amides is 2. The van der Waals surface area contributed by atoms with Crippen molar-refractivity contribution in [3.05, 3.63) is 92.9 Å². The van der Waals surface area contributed by atoms with E-state index >= 15 is 0 Å². The van der Waals surface area contributed by atoms with Crippen LogP contribution in [-0.2, 0) is 40.2 Å². The summed E-state index contributed by atoms with van der Waals surface area (Å²) in [5.74, 6) is -1.46. The number of aromatic nitrogens is 5. The molecule has 4 rings (SSSR count). The van der Waals surface area contributed by atoms with Crippen LogP contribution < -0.4 is 15.1 Å². The van der Waals surface area contributed by atoms with Crippen LogP contribution in [0.25, 0.3) is 0 Å². The molecule has 18 heteroatoms. The highest BCUT2D eigenvalue weighted by atomic mass is 32.1. The second-order valence-electron chi connectivity index (χ2n) is 9.01. The van der Waals surface area contributed by atoms with Crippen molar-refractivity contribution < 1.29 is 37.5 Å². The van der Waals surface area contributed by atoms with Gasteiger partial charge in [-0.2, -0.15) is 10.0 Å². The normalized spacial score (nSPS) is 11.1. The van der Waals surface area contributed by atoms with Crippen molar-refractivity contribution >= 4 is 34.1 Å². The van der Waals surface area contributed by atoms with Crippen LogP contribution in [-0.4, -0.2) is 48.6 Å². The number of hydrogen-bond acceptors (Lipinski definition) is 12. The van der Waals surface area contributed by atoms with Gasteiger partial charge in [0.25, 0.3) is 5.91 Å². The maximum absolute atomic E-state index is 12.6. The third-order valence-electron chi connectivity index (χ3n) is 5.62. The van der Waals surface area contributed by atoms with Crippen molar-refractivity contribution in [2.24, 2.45) is 0 Å². The molecule has 4 aromatic rings. The van der Waals surface area contributed by atoms with Crippen molar-refractivity contribution in [1.82, 2.24) is 25.4 Å². The number of unbranched alkanes of at least 4 members (excludes halogenated alkanes) is 1. The maximum atomic E-state index is 12.6. The summed E-state index contributed by atoms with van der Waals surface area (Å²) in [6.07, 6.45) is -1.39. The summed E-state index contributed by atoms with van der Waals surface area (Å²) >= 11 is 0.987. The Bertz CT molecular complexity index is 1570. The fourth-order valence-corrected chi connectivity index (χ4v) is 4.62. The van der Waals surface area contributed by atoms with E-state index in [9.17, 15) is 32.9 Å². The molecular formula is C26H23F3N8O6S. The molecule has 2 amide bonds. The number of hydroxylamine groups is 1. The Labute approximate surface area is 250 Å². The van der Waals surface area contributed by atoms with E-state index in [2.05, 4.69) is 40.4 Å². The molecular weight excluding hydrogens is 609 g/mol. The minimum atomic E-state index is -4.83. The summed E-state index contributed by atoms with van der Waals surface area (Å²) in [6, 6.07) is 13.3. The van der Waals surface area contributed by atoms with Gasteiger partial charge in [-0.25, -0.2) is 0 Å². The van der Waals surface area contributed by atoms with E-state index in [-0.39, 0.29) is 23.8 Å². The molecule has 0 radical (unpaired) electrons. The van der Waals surface area contributed by atoms with Gasteiger partial charge < -0.3 is 10.1 Å². The highest BCUT2D eigenvalue weighted by molar-refractivity contribution is 7.15. The van der Waals surface area contributed by atoms with Crippen molar-refractivity contribution in [2.45, 2.75) is 44.9 Å². The van der Waals surface area contributed by atoms with Crippen molar-refractivity contribution in [3.8, 4) is 5.75 Å². The lowest BCUT2D eigenvalue weighted by molar-refractivity contribution is -0.758. The molecule has 44 heavy (non-hydrogen) atoms. The molecule has 0 spiro atoms. The molecule has 3 aromatic heterocycles. The molecule has 1 N–H and O–H groups in total. The summed E-state index contributed by atoms with van der Waals surface area (Å²) in [7, 11) is 0. The van der Waals surface area contributed by atoms with Crippen molar-refractivity contribution in [3.63, 3.8) is 0 Å². The number of carbonyl (C=O) groups excluding carboxylic acids is 2. The number of anilines is 2. The fraction of sp³-hybridized carbons (Fsp3) is 0.269. The van der Waals surface area contributed by atoms with Gasteiger partial charge in [-0.15, -0.1) is 43.6 Å². The predicted molar refractivity (Wildman–Crippen MR) is 148 cm³/mol. The Balaban J connectivity index is 1.22. The van der Waals surface area contributed by atoms with Gasteiger partial charge in [0, 0.05) is 18.3 Å². The van der Waals surface area contributed by atoms with Gasteiger partial charge in [-0.1, -0.05) is 29.5 Å². The zero-order valence-corrected chi connectivity index (χ0v) is 23.5. The molecule has 1 aromatic carbocycles. The number of alkyl halides is 3. The zero-order valence-electron chi connectivity index (χ0n) is 22.6. The van der Waals surface area contributed by atoms with E-state index in [1.54, 1.807) is 30.3 Å². The number of aryl methyl sites for hydroxylation is 2. The highest BCUT2D eigenvalue weighted by Gasteiger charge is 2.31. The SMILES string of the molecule is O=C(Cc1cccc(OC(F)(F)F)c1)Nc1ccc(CCCCc2nnc(N(O[N+](=O)[O-])C(=O)Cc3ccccn3)s2)nn1. The first-order chi connectivity index (χ1) is 21.0. The molecule has 0 saturated carbocycles. The Kier molecular flexibility index (Phi) is 10.6. The molecule has 0 atom stereocenters. The first kappa shape index (κ1) is 31.7. The molecule has 0 aliphatic heterocycles. The van der Waals surface area contributed by atoms with Gasteiger partial charge >= 0.3 is 11.4 Å². The number of hydrogen-bond donors (Lipinski definition) is 1. The molecule has 0 aliphatic carbocycles. The Morgan fingerprint density at radius 1 is 0.955 bits per heavy atom. The Morgan fingerprint density at radius 3 is 2.48 bits per heavy atom. The molecule has 14 nitrogen and oxygen atoms in total. The monoisotopic (exact) mass is 632 g/mol. The maximum Gasteiger partial charge on any atom is 0.573 e. The third-order valence-corrected chi connectivity index (χ3v) is 6.57. The van der Waals surface area contributed by atoms with E-state index in [1.807, 2.05) is 0 Å². The highest BCUT2D eigenvalue weighted by Crippen LogP contribution is 2.24. The van der Waals surface area contributed by atoms with Crippen LogP contribution in [0, 0.1) is 10.1 Å². The van der Waals surface area contributed by atoms with E-state index in [0.29, 0.717) is 52.7 Å². The number of halogens is 3. The molecule has 0 bridgehead atoms. The first-order valence-corrected chi connectivity index (χ1v) is 13.7. The first-order valence-electron chi connectivity index (χ1n) is 12.9. The van der Waals surface area contributed by atoms with E-state index in [0.717, 1.165) is 23.5 Å². The average Bonchev–Trinajstić information content (AvgIpc) is 3.43. The predicted octanol–water partition coefficient (Wildman–Crippen LogP) is 4.07. The number of nitrogens with one attached hydrogen (secondary N) is 1. The number of carbonyl (C=O) groups is 2. The summed E-state index contributed by atoms with van der Waals surface area (Å²) in [4.78, 5) is 44.4. The molecule has 0 aliphatic rings. The summed E-state index contributed by atoms with van der Waals surface area (Å²) in [5.41, 5.74) is 1.39. The van der Waals surface area contributed by atoms with Crippen LogP contribution in [0.2, 0.25) is 0 Å². The molecule has 230 valence electrons. The van der Waals surface area contributed by atoms with E-state index < -0.39 is 29.0 Å². The lowest BCUT2D eigenvalue weighted by Crippen LogP contribution is -2.34. The van der Waals surface area contributed by atoms with Gasteiger partial charge in [-0.05, 0) is 61.2 Å². The number of nitrogens with zero attached hydrogens (tertiary/aromatic N) is 7. The van der Waals surface area contributed by atoms with E-state index in [4.69, 9.17) is 0 Å². The minimum absolute atomic E-state index is 0.0801. The Hall–Kier alpha value is -5.26. The van der Waals surface area contributed by atoms with Gasteiger partial charge in [0.05, 0.1) is 18.5 Å². The number of rotatable bonds is 14. The molecule has 0 fully saturated rings. The van der Waals surface area contributed by atoms with E-state index in [1.165, 1.54) is 18.3 Å². The van der Waals surface area contributed by atoms with Crippen LogP contribution >= 0.6 is 11.3 Å². The van der Waals surface area contributed by atoms with Gasteiger partial charge in [-0.3, -0.25) is 14.6 Å². The van der Waals surface area contributed by atoms with Crippen LogP contribution in [0.1, 0.15) is 34.8 Å². The smallest absolute Gasteiger partial charge is 0.406 e. The topological polar surface area (TPSA) is 175 Å². The lowest BCUT2D eigenvalue weighted by atomic mass is 10.1. The summed E-state index contributed by atoms with van der Waals surface area (Å²) in [5, 5.41) is 29.3. The number of benzene rings is 1. The van der Waals surface area contributed by atoms with Crippen molar-refractivity contribution in [2.75, 3.05) is 10.4 Å². The standard InChI is InChI=1S/C26H23F3N8O6S/c27-26(28,29)42-20-9-5-6-17(14-20)15-22(38)31-21-12-11-18(32-33-21)7-1-2-10-23-34-35-25(44-23)36(43-37(40)41)24(39)16-19-8-3-4-13-30-19/h3-6,8-9,11-14H,1-2,7,10,15-16H2,(H,31,33,38).